The molecule has 24 heavy (non-hydrogen) atoms. The van der Waals surface area contributed by atoms with Gasteiger partial charge in [0.25, 0.3) is 0 Å². The molecule has 2 aliphatic rings. The molecule has 0 amide bonds. The summed E-state index contributed by atoms with van der Waals surface area (Å²) in [6.07, 6.45) is 0.884. The summed E-state index contributed by atoms with van der Waals surface area (Å²) < 4.78 is 5.10. The fourth-order valence-electron chi connectivity index (χ4n) is 3.39. The van der Waals surface area contributed by atoms with E-state index in [-0.39, 0.29) is 23.3 Å². The number of aliphatic hydroxyl groups is 2. The standard InChI is InChI=1S/C17H20O7/c1-8-5-12(19)14(24-10(3)18)16(4)7-13(20)11(6-17(8,16)23)9(2)15(21)22/h5,7,14,20,23H,6H2,1-4H3,(H,21,22)/b11-9-/t14-,16-,17-/m1/s1. The zero-order valence-electron chi connectivity index (χ0n) is 13.9. The molecule has 0 saturated heterocycles. The Kier molecular flexibility index (Phi) is 4.18. The van der Waals surface area contributed by atoms with E-state index in [1.807, 2.05) is 0 Å². The average Bonchev–Trinajstić information content (AvgIpc) is 2.45. The Hall–Kier alpha value is -2.41. The van der Waals surface area contributed by atoms with E-state index in [2.05, 4.69) is 0 Å². The first-order chi connectivity index (χ1) is 10.9. The molecule has 0 aromatic heterocycles. The normalized spacial score (nSPS) is 34.7. The SMILES string of the molecule is CC(=O)O[C@@H]1C(=O)C=C(C)[C@]2(O)C/C(=C(\C)C(=O)O)C(O)=C[C@]12C. The molecule has 0 aromatic rings. The van der Waals surface area contributed by atoms with Crippen molar-refractivity contribution in [2.75, 3.05) is 0 Å². The van der Waals surface area contributed by atoms with Gasteiger partial charge in [-0.3, -0.25) is 9.59 Å². The number of allylic oxidation sites excluding steroid dienone is 1. The summed E-state index contributed by atoms with van der Waals surface area (Å²) in [7, 11) is 0. The van der Waals surface area contributed by atoms with Gasteiger partial charge in [-0.05, 0) is 38.5 Å². The lowest BCUT2D eigenvalue weighted by molar-refractivity contribution is -0.170. The second-order valence-electron chi connectivity index (χ2n) is 6.48. The molecule has 2 rings (SSSR count). The van der Waals surface area contributed by atoms with Gasteiger partial charge in [0.05, 0.1) is 5.41 Å². The number of carbonyl (C=O) groups is 3. The zero-order chi connectivity index (χ0) is 18.4. The maximum absolute atomic E-state index is 12.3. The minimum absolute atomic E-state index is 0.0751. The number of carboxylic acids is 1. The molecule has 0 saturated carbocycles. The van der Waals surface area contributed by atoms with Crippen LogP contribution in [0.15, 0.2) is 34.6 Å². The van der Waals surface area contributed by atoms with Crippen LogP contribution >= 0.6 is 0 Å². The van der Waals surface area contributed by atoms with Gasteiger partial charge in [-0.15, -0.1) is 0 Å². The Morgan fingerprint density at radius 1 is 1.33 bits per heavy atom. The van der Waals surface area contributed by atoms with E-state index in [9.17, 15) is 24.6 Å². The molecule has 0 fully saturated rings. The third-order valence-corrected chi connectivity index (χ3v) is 4.94. The molecule has 7 nitrogen and oxygen atoms in total. The minimum Gasteiger partial charge on any atom is -0.508 e. The van der Waals surface area contributed by atoms with Crippen LogP contribution in [0.5, 0.6) is 0 Å². The van der Waals surface area contributed by atoms with E-state index < -0.39 is 34.8 Å². The highest BCUT2D eigenvalue weighted by Gasteiger charge is 2.60. The number of carboxylic acid groups (broad SMARTS) is 1. The predicted octanol–water partition coefficient (Wildman–Crippen LogP) is 1.43. The van der Waals surface area contributed by atoms with Crippen molar-refractivity contribution in [3.63, 3.8) is 0 Å². The number of carbonyl (C=O) groups excluding carboxylic acids is 2. The summed E-state index contributed by atoms with van der Waals surface area (Å²) >= 11 is 0. The molecule has 0 radical (unpaired) electrons. The Bertz CT molecular complexity index is 727. The smallest absolute Gasteiger partial charge is 0.331 e. The van der Waals surface area contributed by atoms with E-state index >= 15 is 0 Å². The van der Waals surface area contributed by atoms with Gasteiger partial charge in [0, 0.05) is 24.5 Å². The minimum atomic E-state index is -1.67. The fraction of sp³-hybridized carbons (Fsp3) is 0.471. The highest BCUT2D eigenvalue weighted by molar-refractivity contribution is 5.98. The first-order valence-corrected chi connectivity index (χ1v) is 7.41. The number of ether oxygens (including phenoxy) is 1. The molecule has 3 N–H and O–H groups in total. The number of rotatable bonds is 2. The molecule has 7 heteroatoms. The largest absolute Gasteiger partial charge is 0.508 e. The summed E-state index contributed by atoms with van der Waals surface area (Å²) in [6.45, 7) is 5.51. The third-order valence-electron chi connectivity index (χ3n) is 4.94. The van der Waals surface area contributed by atoms with Crippen LogP contribution in [0, 0.1) is 5.41 Å². The van der Waals surface area contributed by atoms with Gasteiger partial charge in [0.1, 0.15) is 11.4 Å². The molecule has 3 atom stereocenters. The van der Waals surface area contributed by atoms with Crippen molar-refractivity contribution in [1.29, 1.82) is 0 Å². The molecule has 0 aromatic carbocycles. The van der Waals surface area contributed by atoms with Gasteiger partial charge in [-0.1, -0.05) is 0 Å². The maximum atomic E-state index is 12.3. The van der Waals surface area contributed by atoms with Crippen LogP contribution < -0.4 is 0 Å². The Morgan fingerprint density at radius 2 is 1.92 bits per heavy atom. The van der Waals surface area contributed by atoms with Gasteiger partial charge in [-0.2, -0.15) is 0 Å². The summed E-state index contributed by atoms with van der Waals surface area (Å²) in [5.41, 5.74) is -2.79. The topological polar surface area (TPSA) is 121 Å². The van der Waals surface area contributed by atoms with Crippen molar-refractivity contribution in [2.45, 2.75) is 45.8 Å². The number of aliphatic carboxylic acids is 1. The quantitative estimate of drug-likeness (QED) is 0.515. The van der Waals surface area contributed by atoms with Crippen LogP contribution in [-0.4, -0.2) is 44.7 Å². The second-order valence-corrected chi connectivity index (χ2v) is 6.48. The maximum Gasteiger partial charge on any atom is 0.331 e. The summed E-state index contributed by atoms with van der Waals surface area (Å²) in [5.74, 6) is -2.76. The van der Waals surface area contributed by atoms with E-state index in [0.717, 1.165) is 6.92 Å². The van der Waals surface area contributed by atoms with Gasteiger partial charge >= 0.3 is 11.9 Å². The summed E-state index contributed by atoms with van der Waals surface area (Å²) in [6, 6.07) is 0. The van der Waals surface area contributed by atoms with Gasteiger partial charge in [0.15, 0.2) is 11.9 Å². The highest BCUT2D eigenvalue weighted by Crippen LogP contribution is 2.53. The van der Waals surface area contributed by atoms with E-state index in [4.69, 9.17) is 9.84 Å². The van der Waals surface area contributed by atoms with Gasteiger partial charge in [0.2, 0.25) is 0 Å². The third kappa shape index (κ3) is 2.45. The second kappa shape index (κ2) is 5.59. The van der Waals surface area contributed by atoms with Crippen molar-refractivity contribution in [2.24, 2.45) is 5.41 Å². The van der Waals surface area contributed by atoms with Crippen molar-refractivity contribution in [1.82, 2.24) is 0 Å². The Balaban J connectivity index is 2.72. The number of hydrogen-bond donors (Lipinski definition) is 3. The molecule has 2 aliphatic carbocycles. The molecular formula is C17H20O7. The average molecular weight is 336 g/mol. The molecule has 0 heterocycles. The Morgan fingerprint density at radius 3 is 2.42 bits per heavy atom. The van der Waals surface area contributed by atoms with Gasteiger partial charge in [-0.25, -0.2) is 4.79 Å². The fourth-order valence-corrected chi connectivity index (χ4v) is 3.39. The molecule has 0 aliphatic heterocycles. The molecule has 0 spiro atoms. The molecular weight excluding hydrogens is 316 g/mol. The van der Waals surface area contributed by atoms with Crippen LogP contribution in [0.2, 0.25) is 0 Å². The number of ketones is 1. The number of fused-ring (bicyclic) bond motifs is 1. The van der Waals surface area contributed by atoms with Crippen LogP contribution in [0.4, 0.5) is 0 Å². The van der Waals surface area contributed by atoms with Crippen molar-refractivity contribution >= 4 is 17.7 Å². The van der Waals surface area contributed by atoms with Crippen LogP contribution in [0.25, 0.3) is 0 Å². The first-order valence-electron chi connectivity index (χ1n) is 7.41. The number of hydrogen-bond acceptors (Lipinski definition) is 6. The summed E-state index contributed by atoms with van der Waals surface area (Å²) in [5, 5.41) is 30.7. The van der Waals surface area contributed by atoms with Crippen molar-refractivity contribution in [3.05, 3.63) is 34.6 Å². The monoisotopic (exact) mass is 336 g/mol. The first kappa shape index (κ1) is 17.9. The molecule has 130 valence electrons. The van der Waals surface area contributed by atoms with E-state index in [1.165, 1.54) is 26.0 Å². The van der Waals surface area contributed by atoms with Crippen LogP contribution in [0.3, 0.4) is 0 Å². The van der Waals surface area contributed by atoms with E-state index in [1.54, 1.807) is 6.92 Å². The van der Waals surface area contributed by atoms with Crippen molar-refractivity contribution < 1.29 is 34.4 Å². The lowest BCUT2D eigenvalue weighted by Gasteiger charge is -2.52. The van der Waals surface area contributed by atoms with E-state index in [0.29, 0.717) is 5.57 Å². The molecule has 0 unspecified atom stereocenters. The van der Waals surface area contributed by atoms with Crippen molar-refractivity contribution in [3.8, 4) is 0 Å². The lowest BCUT2D eigenvalue weighted by atomic mass is 9.57. The number of aliphatic hydroxyl groups excluding tert-OH is 1. The molecule has 0 bridgehead atoms. The lowest BCUT2D eigenvalue weighted by Crippen LogP contribution is -2.61. The Labute approximate surface area is 138 Å². The van der Waals surface area contributed by atoms with Crippen LogP contribution in [-0.2, 0) is 19.1 Å². The number of esters is 1. The predicted molar refractivity (Wildman–Crippen MR) is 83.0 cm³/mol. The zero-order valence-corrected chi connectivity index (χ0v) is 13.9. The summed E-state index contributed by atoms with van der Waals surface area (Å²) in [4.78, 5) is 34.9. The van der Waals surface area contributed by atoms with Crippen LogP contribution in [0.1, 0.15) is 34.1 Å². The highest BCUT2D eigenvalue weighted by atomic mass is 16.5. The van der Waals surface area contributed by atoms with Gasteiger partial charge < -0.3 is 20.1 Å².